The maximum absolute atomic E-state index is 13.1. The summed E-state index contributed by atoms with van der Waals surface area (Å²) >= 11 is 7.30. The molecule has 4 aromatic heterocycles. The molecule has 0 saturated heterocycles. The zero-order valence-electron chi connectivity index (χ0n) is 16.1. The number of ether oxygens (including phenoxy) is 2. The fraction of sp³-hybridized carbons (Fsp3) is 0.158. The van der Waals surface area contributed by atoms with Gasteiger partial charge in [0.1, 0.15) is 16.4 Å². The van der Waals surface area contributed by atoms with Crippen LogP contribution < -0.4 is 14.8 Å². The minimum absolute atomic E-state index is 0.232. The predicted octanol–water partition coefficient (Wildman–Crippen LogP) is 3.77. The van der Waals surface area contributed by atoms with Crippen molar-refractivity contribution in [3.63, 3.8) is 0 Å². The number of fused-ring (bicyclic) bond motifs is 1. The van der Waals surface area contributed by atoms with Crippen LogP contribution in [0, 0.1) is 6.92 Å². The molecule has 4 rings (SSSR count). The predicted molar refractivity (Wildman–Crippen MR) is 113 cm³/mol. The Hall–Kier alpha value is -3.37. The van der Waals surface area contributed by atoms with Crippen LogP contribution in [0.25, 0.3) is 21.5 Å². The molecule has 30 heavy (non-hydrogen) atoms. The monoisotopic (exact) mass is 442 g/mol. The van der Waals surface area contributed by atoms with E-state index in [9.17, 15) is 4.79 Å². The number of nitrogens with zero attached hydrogens (tertiary/aromatic N) is 5. The van der Waals surface area contributed by atoms with Gasteiger partial charge >= 0.3 is 6.01 Å². The van der Waals surface area contributed by atoms with Gasteiger partial charge in [-0.1, -0.05) is 22.9 Å². The van der Waals surface area contributed by atoms with Crippen LogP contribution in [0.1, 0.15) is 16.1 Å². The summed E-state index contributed by atoms with van der Waals surface area (Å²) < 4.78 is 10.4. The molecule has 1 N–H and O–H groups in total. The van der Waals surface area contributed by atoms with E-state index in [1.165, 1.54) is 44.1 Å². The number of pyridine rings is 2. The quantitative estimate of drug-likeness (QED) is 0.465. The number of aromatic nitrogens is 5. The third kappa shape index (κ3) is 3.87. The molecule has 0 unspecified atom stereocenters. The number of hydrogen-bond acceptors (Lipinski definition) is 9. The van der Waals surface area contributed by atoms with E-state index >= 15 is 0 Å². The van der Waals surface area contributed by atoms with Crippen molar-refractivity contribution in [1.82, 2.24) is 24.9 Å². The topological polar surface area (TPSA) is 112 Å². The van der Waals surface area contributed by atoms with E-state index in [2.05, 4.69) is 30.2 Å². The van der Waals surface area contributed by atoms with E-state index in [4.69, 9.17) is 21.1 Å². The van der Waals surface area contributed by atoms with Crippen LogP contribution in [0.15, 0.2) is 30.7 Å². The van der Waals surface area contributed by atoms with Gasteiger partial charge in [-0.25, -0.2) is 15.0 Å². The van der Waals surface area contributed by atoms with Crippen LogP contribution in [-0.4, -0.2) is 45.0 Å². The van der Waals surface area contributed by atoms with Gasteiger partial charge in [0.05, 0.1) is 32.2 Å². The summed E-state index contributed by atoms with van der Waals surface area (Å²) in [5.41, 5.74) is 2.88. The highest BCUT2D eigenvalue weighted by molar-refractivity contribution is 7.22. The van der Waals surface area contributed by atoms with Crippen molar-refractivity contribution in [2.45, 2.75) is 6.92 Å². The molecule has 0 aliphatic rings. The van der Waals surface area contributed by atoms with E-state index in [1.807, 2.05) is 6.92 Å². The molecular weight excluding hydrogens is 428 g/mol. The summed E-state index contributed by atoms with van der Waals surface area (Å²) in [6, 6.07) is 3.67. The van der Waals surface area contributed by atoms with Gasteiger partial charge in [0.15, 0.2) is 9.96 Å². The molecule has 0 saturated carbocycles. The zero-order valence-corrected chi connectivity index (χ0v) is 17.7. The second kappa shape index (κ2) is 8.17. The fourth-order valence-corrected chi connectivity index (χ4v) is 3.75. The SMILES string of the molecule is COc1ncc2nc(NC(=O)c3cnc(C)cc3-c3cc(Cl)ncc3OC)sc2n1. The van der Waals surface area contributed by atoms with Gasteiger partial charge in [-0.3, -0.25) is 15.1 Å². The number of aryl methyl sites for hydroxylation is 1. The van der Waals surface area contributed by atoms with Gasteiger partial charge in [-0.15, -0.1) is 0 Å². The lowest BCUT2D eigenvalue weighted by Crippen LogP contribution is -2.14. The van der Waals surface area contributed by atoms with Crippen molar-refractivity contribution < 1.29 is 14.3 Å². The molecule has 9 nitrogen and oxygen atoms in total. The first-order valence-electron chi connectivity index (χ1n) is 8.64. The van der Waals surface area contributed by atoms with Crippen molar-refractivity contribution in [2.24, 2.45) is 0 Å². The standard InChI is InChI=1S/C19H15ClN6O3S/c1-9-4-10(11-5-15(20)22-8-14(11)28-2)12(6-21-9)16(27)25-19-24-13-7-23-18(29-3)26-17(13)30-19/h4-8H,1-3H3,(H,24,25,27). The summed E-state index contributed by atoms with van der Waals surface area (Å²) in [6.45, 7) is 1.83. The highest BCUT2D eigenvalue weighted by atomic mass is 35.5. The first-order valence-corrected chi connectivity index (χ1v) is 9.83. The fourth-order valence-electron chi connectivity index (χ4n) is 2.79. The molecule has 0 aliphatic carbocycles. The van der Waals surface area contributed by atoms with Crippen LogP contribution in [0.2, 0.25) is 5.15 Å². The highest BCUT2D eigenvalue weighted by Crippen LogP contribution is 2.34. The minimum atomic E-state index is -0.383. The number of rotatable bonds is 5. The Morgan fingerprint density at radius 2 is 1.87 bits per heavy atom. The number of methoxy groups -OCH3 is 2. The second-order valence-corrected chi connectivity index (χ2v) is 7.46. The van der Waals surface area contributed by atoms with Crippen molar-refractivity contribution in [2.75, 3.05) is 19.5 Å². The van der Waals surface area contributed by atoms with Crippen LogP contribution in [0.4, 0.5) is 5.13 Å². The smallest absolute Gasteiger partial charge is 0.317 e. The number of halogens is 1. The molecule has 0 spiro atoms. The van der Waals surface area contributed by atoms with Crippen LogP contribution in [0.3, 0.4) is 0 Å². The van der Waals surface area contributed by atoms with Crippen LogP contribution in [-0.2, 0) is 0 Å². The highest BCUT2D eigenvalue weighted by Gasteiger charge is 2.19. The van der Waals surface area contributed by atoms with Crippen LogP contribution >= 0.6 is 22.9 Å². The van der Waals surface area contributed by atoms with Crippen molar-refractivity contribution in [3.05, 3.63) is 47.1 Å². The number of carbonyl (C=O) groups excluding carboxylic acids is 1. The number of thiazole rings is 1. The van der Waals surface area contributed by atoms with Gasteiger partial charge in [-0.2, -0.15) is 4.98 Å². The van der Waals surface area contributed by atoms with Gasteiger partial charge in [0.25, 0.3) is 5.91 Å². The molecule has 11 heteroatoms. The van der Waals surface area contributed by atoms with Gasteiger partial charge in [0.2, 0.25) is 0 Å². The second-order valence-electron chi connectivity index (χ2n) is 6.10. The first-order chi connectivity index (χ1) is 14.5. The normalized spacial score (nSPS) is 10.8. The third-order valence-electron chi connectivity index (χ3n) is 4.16. The van der Waals surface area contributed by atoms with E-state index in [0.717, 1.165) is 5.69 Å². The maximum atomic E-state index is 13.1. The lowest BCUT2D eigenvalue weighted by molar-refractivity contribution is 0.102. The molecule has 152 valence electrons. The Labute approximate surface area is 180 Å². The van der Waals surface area contributed by atoms with E-state index in [-0.39, 0.29) is 17.1 Å². The van der Waals surface area contributed by atoms with Gasteiger partial charge < -0.3 is 9.47 Å². The summed E-state index contributed by atoms with van der Waals surface area (Å²) in [5, 5.41) is 3.46. The number of anilines is 1. The summed E-state index contributed by atoms with van der Waals surface area (Å²) in [6.07, 6.45) is 4.55. The van der Waals surface area contributed by atoms with Crippen molar-refractivity contribution >= 4 is 44.3 Å². The first kappa shape index (κ1) is 19.9. The molecule has 0 fully saturated rings. The van der Waals surface area contributed by atoms with Crippen molar-refractivity contribution in [1.29, 1.82) is 0 Å². The lowest BCUT2D eigenvalue weighted by atomic mass is 10.0. The third-order valence-corrected chi connectivity index (χ3v) is 5.25. The number of carbonyl (C=O) groups is 1. The largest absolute Gasteiger partial charge is 0.494 e. The van der Waals surface area contributed by atoms with Gasteiger partial charge in [-0.05, 0) is 19.1 Å². The Morgan fingerprint density at radius 1 is 1.03 bits per heavy atom. The Morgan fingerprint density at radius 3 is 2.63 bits per heavy atom. The summed E-state index contributed by atoms with van der Waals surface area (Å²) in [5.74, 6) is 0.105. The molecule has 0 atom stereocenters. The molecule has 0 bridgehead atoms. The maximum Gasteiger partial charge on any atom is 0.317 e. The Kier molecular flexibility index (Phi) is 5.42. The van der Waals surface area contributed by atoms with E-state index in [1.54, 1.807) is 12.1 Å². The molecule has 0 radical (unpaired) electrons. The molecular formula is C19H15ClN6O3S. The average Bonchev–Trinajstić information content (AvgIpc) is 3.14. The average molecular weight is 443 g/mol. The Bertz CT molecular complexity index is 1260. The molecule has 4 aromatic rings. The summed E-state index contributed by atoms with van der Waals surface area (Å²) in [4.78, 5) is 34.6. The van der Waals surface area contributed by atoms with Gasteiger partial charge in [0, 0.05) is 23.0 Å². The number of amides is 1. The molecule has 0 aliphatic heterocycles. The number of hydrogen-bond donors (Lipinski definition) is 1. The van der Waals surface area contributed by atoms with Crippen LogP contribution in [0.5, 0.6) is 11.8 Å². The van der Waals surface area contributed by atoms with E-state index in [0.29, 0.717) is 37.9 Å². The summed E-state index contributed by atoms with van der Waals surface area (Å²) in [7, 11) is 3.01. The molecule has 4 heterocycles. The lowest BCUT2D eigenvalue weighted by Gasteiger charge is -2.13. The molecule has 0 aromatic carbocycles. The number of nitrogens with one attached hydrogen (secondary N) is 1. The van der Waals surface area contributed by atoms with Crippen molar-refractivity contribution in [3.8, 4) is 22.9 Å². The minimum Gasteiger partial charge on any atom is -0.494 e. The van der Waals surface area contributed by atoms with E-state index < -0.39 is 0 Å². The Balaban J connectivity index is 1.73. The zero-order chi connectivity index (χ0) is 21.3. The molecule has 1 amide bonds.